The van der Waals surface area contributed by atoms with E-state index in [1.807, 2.05) is 13.1 Å². The second-order valence-electron chi connectivity index (χ2n) is 11.8. The van der Waals surface area contributed by atoms with Crippen LogP contribution < -0.4 is 4.74 Å². The summed E-state index contributed by atoms with van der Waals surface area (Å²) in [5.41, 5.74) is 2.13. The number of carboxylic acids is 1. The lowest BCUT2D eigenvalue weighted by Crippen LogP contribution is -2.49. The lowest BCUT2D eigenvalue weighted by Gasteiger charge is -2.39. The van der Waals surface area contributed by atoms with E-state index in [1.165, 1.54) is 25.0 Å². The average molecular weight is 536 g/mol. The molecule has 39 heavy (non-hydrogen) atoms. The normalized spacial score (nSPS) is 21.3. The van der Waals surface area contributed by atoms with Crippen molar-refractivity contribution in [1.82, 2.24) is 24.7 Å². The molecule has 3 heterocycles. The van der Waals surface area contributed by atoms with Crippen molar-refractivity contribution in [2.45, 2.75) is 90.4 Å². The molecule has 2 aromatic rings. The molecule has 2 amide bonds. The van der Waals surface area contributed by atoms with Gasteiger partial charge >= 0.3 is 18.0 Å². The molecule has 9 heteroatoms. The number of aromatic nitrogens is 2. The molecule has 1 aromatic carbocycles. The molecular formula is C30H41N5O4. The lowest BCUT2D eigenvalue weighted by atomic mass is 9.98. The smallest absolute Gasteiger partial charge is 0.335 e. The summed E-state index contributed by atoms with van der Waals surface area (Å²) < 4.78 is 5.73. The van der Waals surface area contributed by atoms with E-state index in [0.29, 0.717) is 29.8 Å². The lowest BCUT2D eigenvalue weighted by molar-refractivity contribution is 0.0696. The summed E-state index contributed by atoms with van der Waals surface area (Å²) in [4.78, 5) is 40.5. The Bertz CT molecular complexity index is 1160. The third kappa shape index (κ3) is 6.35. The fourth-order valence-electron chi connectivity index (χ4n) is 6.45. The number of amides is 2. The van der Waals surface area contributed by atoms with Crippen LogP contribution in [-0.2, 0) is 6.54 Å². The minimum absolute atomic E-state index is 0.203. The third-order valence-corrected chi connectivity index (χ3v) is 8.49. The van der Waals surface area contributed by atoms with Crippen LogP contribution in [0.2, 0.25) is 0 Å². The van der Waals surface area contributed by atoms with Gasteiger partial charge in [-0.1, -0.05) is 26.7 Å². The molecule has 1 N–H and O–H groups in total. The number of hydrogen-bond donors (Lipinski definition) is 1. The molecular weight excluding hydrogens is 494 g/mol. The van der Waals surface area contributed by atoms with E-state index in [2.05, 4.69) is 38.5 Å². The highest BCUT2D eigenvalue weighted by atomic mass is 16.5. The van der Waals surface area contributed by atoms with Crippen LogP contribution in [0.25, 0.3) is 0 Å². The zero-order valence-corrected chi connectivity index (χ0v) is 23.4. The monoisotopic (exact) mass is 535 g/mol. The van der Waals surface area contributed by atoms with Crippen LogP contribution in [0.1, 0.15) is 80.4 Å². The molecule has 3 fully saturated rings. The SMILES string of the molecule is Cc1nc(Oc2ccc(C(=O)O)cc2)ncc1CN1CCC(N2C(=O)N(C3CCCC3)CC2CC(C)C)CC1. The van der Waals surface area contributed by atoms with Gasteiger partial charge in [-0.05, 0) is 69.2 Å². The fourth-order valence-corrected chi connectivity index (χ4v) is 6.45. The number of urea groups is 1. The second-order valence-corrected chi connectivity index (χ2v) is 11.8. The number of aryl methyl sites for hydroxylation is 1. The number of hydrogen-bond acceptors (Lipinski definition) is 6. The summed E-state index contributed by atoms with van der Waals surface area (Å²) in [5, 5.41) is 9.05. The number of carbonyl (C=O) groups is 2. The standard InChI is InChI=1S/C30H41N5O4/c1-20(2)16-26-19-34(24-6-4-5-7-24)30(38)35(26)25-12-14-33(15-13-25)18-23-17-31-29(32-21(23)3)39-27-10-8-22(9-11-27)28(36)37/h8-11,17,20,24-26H,4-7,12-16,18-19H2,1-3H3,(H,36,37). The first-order chi connectivity index (χ1) is 18.8. The topological polar surface area (TPSA) is 99.1 Å². The fraction of sp³-hybridized carbons (Fsp3) is 0.600. The van der Waals surface area contributed by atoms with Gasteiger partial charge in [0.15, 0.2) is 0 Å². The number of ether oxygens (including phenoxy) is 1. The molecule has 3 aliphatic rings. The van der Waals surface area contributed by atoms with Gasteiger partial charge in [-0.2, -0.15) is 4.98 Å². The van der Waals surface area contributed by atoms with Crippen molar-refractivity contribution in [1.29, 1.82) is 0 Å². The Balaban J connectivity index is 1.17. The number of aromatic carboxylic acids is 1. The van der Waals surface area contributed by atoms with Crippen molar-refractivity contribution in [2.24, 2.45) is 5.92 Å². The Hall–Kier alpha value is -3.20. The average Bonchev–Trinajstić information content (AvgIpc) is 3.54. The quantitative estimate of drug-likeness (QED) is 0.463. The van der Waals surface area contributed by atoms with Crippen LogP contribution in [0.5, 0.6) is 11.8 Å². The molecule has 1 aliphatic carbocycles. The van der Waals surface area contributed by atoms with E-state index < -0.39 is 5.97 Å². The second kappa shape index (κ2) is 11.9. The summed E-state index contributed by atoms with van der Waals surface area (Å²) in [6, 6.07) is 7.80. The summed E-state index contributed by atoms with van der Waals surface area (Å²) in [6.07, 6.45) is 9.69. The Kier molecular flexibility index (Phi) is 8.35. The number of rotatable bonds is 9. The first kappa shape index (κ1) is 27.4. The van der Waals surface area contributed by atoms with Crippen LogP contribution in [0.4, 0.5) is 4.79 Å². The van der Waals surface area contributed by atoms with E-state index in [0.717, 1.165) is 69.5 Å². The first-order valence-electron chi connectivity index (χ1n) is 14.4. The molecule has 1 saturated carbocycles. The van der Waals surface area contributed by atoms with E-state index in [4.69, 9.17) is 9.84 Å². The molecule has 1 atom stereocenters. The minimum Gasteiger partial charge on any atom is -0.478 e. The van der Waals surface area contributed by atoms with Crippen LogP contribution >= 0.6 is 0 Å². The number of carbonyl (C=O) groups excluding carboxylic acids is 1. The highest BCUT2D eigenvalue weighted by Crippen LogP contribution is 2.34. The van der Waals surface area contributed by atoms with Gasteiger partial charge in [0.2, 0.25) is 0 Å². The molecule has 9 nitrogen and oxygen atoms in total. The van der Waals surface area contributed by atoms with Crippen molar-refractivity contribution in [3.63, 3.8) is 0 Å². The summed E-state index contributed by atoms with van der Waals surface area (Å²) >= 11 is 0. The van der Waals surface area contributed by atoms with Crippen molar-refractivity contribution in [2.75, 3.05) is 19.6 Å². The molecule has 1 unspecified atom stereocenters. The maximum atomic E-state index is 13.6. The van der Waals surface area contributed by atoms with Crippen molar-refractivity contribution in [3.05, 3.63) is 47.3 Å². The maximum absolute atomic E-state index is 13.6. The summed E-state index contributed by atoms with van der Waals surface area (Å²) in [6.45, 7) is 10.0. The molecule has 0 spiro atoms. The van der Waals surface area contributed by atoms with Crippen LogP contribution in [0, 0.1) is 12.8 Å². The van der Waals surface area contributed by atoms with Gasteiger partial charge in [-0.25, -0.2) is 14.6 Å². The molecule has 2 aliphatic heterocycles. The Morgan fingerprint density at radius 3 is 2.38 bits per heavy atom. The largest absolute Gasteiger partial charge is 0.478 e. The van der Waals surface area contributed by atoms with E-state index in [-0.39, 0.29) is 17.6 Å². The highest BCUT2D eigenvalue weighted by molar-refractivity contribution is 5.87. The number of nitrogens with zero attached hydrogens (tertiary/aromatic N) is 5. The maximum Gasteiger partial charge on any atom is 0.335 e. The van der Waals surface area contributed by atoms with Gasteiger partial charge in [0, 0.05) is 55.7 Å². The van der Waals surface area contributed by atoms with Crippen LogP contribution in [0.15, 0.2) is 30.5 Å². The van der Waals surface area contributed by atoms with Gasteiger partial charge in [-0.3, -0.25) is 4.90 Å². The first-order valence-corrected chi connectivity index (χ1v) is 14.4. The van der Waals surface area contributed by atoms with E-state index in [1.54, 1.807) is 12.1 Å². The van der Waals surface area contributed by atoms with Crippen LogP contribution in [0.3, 0.4) is 0 Å². The van der Waals surface area contributed by atoms with Crippen molar-refractivity contribution >= 4 is 12.0 Å². The zero-order chi connectivity index (χ0) is 27.5. The van der Waals surface area contributed by atoms with Crippen LogP contribution in [-0.4, -0.2) is 79.5 Å². The van der Waals surface area contributed by atoms with Gasteiger partial charge < -0.3 is 19.6 Å². The van der Waals surface area contributed by atoms with Gasteiger partial charge in [0.1, 0.15) is 5.75 Å². The number of carboxylic acid groups (broad SMARTS) is 1. The zero-order valence-electron chi connectivity index (χ0n) is 23.4. The molecule has 210 valence electrons. The van der Waals surface area contributed by atoms with Crippen molar-refractivity contribution in [3.8, 4) is 11.8 Å². The Labute approximate surface area is 231 Å². The summed E-state index contributed by atoms with van der Waals surface area (Å²) in [7, 11) is 0. The summed E-state index contributed by atoms with van der Waals surface area (Å²) in [5.74, 6) is 0.0939. The van der Waals surface area contributed by atoms with E-state index >= 15 is 0 Å². The molecule has 5 rings (SSSR count). The third-order valence-electron chi connectivity index (χ3n) is 8.49. The predicted octanol–water partition coefficient (Wildman–Crippen LogP) is 5.33. The highest BCUT2D eigenvalue weighted by Gasteiger charge is 2.44. The van der Waals surface area contributed by atoms with Gasteiger partial charge in [0.25, 0.3) is 0 Å². The molecule has 0 radical (unpaired) electrons. The Morgan fingerprint density at radius 2 is 1.77 bits per heavy atom. The molecule has 2 saturated heterocycles. The number of likely N-dealkylation sites (tertiary alicyclic amines) is 1. The minimum atomic E-state index is -0.976. The van der Waals surface area contributed by atoms with Gasteiger partial charge in [0.05, 0.1) is 11.6 Å². The number of benzene rings is 1. The molecule has 1 aromatic heterocycles. The number of piperidine rings is 1. The van der Waals surface area contributed by atoms with Crippen molar-refractivity contribution < 1.29 is 19.4 Å². The van der Waals surface area contributed by atoms with Gasteiger partial charge in [-0.15, -0.1) is 0 Å². The predicted molar refractivity (Wildman–Crippen MR) is 148 cm³/mol. The Morgan fingerprint density at radius 1 is 1.08 bits per heavy atom. The molecule has 0 bridgehead atoms. The van der Waals surface area contributed by atoms with E-state index in [9.17, 15) is 9.59 Å².